The van der Waals surface area contributed by atoms with Crippen molar-refractivity contribution < 1.29 is 4.79 Å². The first kappa shape index (κ1) is 16.8. The molecule has 122 valence electrons. The van der Waals surface area contributed by atoms with Gasteiger partial charge in [0.25, 0.3) is 5.91 Å². The number of hydrogen-bond acceptors (Lipinski definition) is 3. The Labute approximate surface area is 151 Å². The van der Waals surface area contributed by atoms with Crippen LogP contribution in [-0.4, -0.2) is 22.5 Å². The van der Waals surface area contributed by atoms with Crippen LogP contribution in [0.4, 0.5) is 5.69 Å². The molecule has 5 heteroatoms. The Morgan fingerprint density at radius 3 is 2.58 bits per heavy atom. The number of aryl methyl sites for hydroxylation is 1. The maximum absolute atomic E-state index is 12.7. The van der Waals surface area contributed by atoms with Crippen LogP contribution in [0.5, 0.6) is 0 Å². The Hall–Kier alpha value is -2.04. The molecule has 0 N–H and O–H groups in total. The Morgan fingerprint density at radius 1 is 1.17 bits per heavy atom. The molecule has 0 spiro atoms. The van der Waals surface area contributed by atoms with Gasteiger partial charge in [-0.05, 0) is 54.9 Å². The van der Waals surface area contributed by atoms with E-state index in [9.17, 15) is 4.79 Å². The molecule has 0 aromatic heterocycles. The predicted octanol–water partition coefficient (Wildman–Crippen LogP) is 5.27. The summed E-state index contributed by atoms with van der Waals surface area (Å²) >= 11 is 7.59. The van der Waals surface area contributed by atoms with Crippen LogP contribution in [0.15, 0.2) is 58.4 Å². The van der Waals surface area contributed by atoms with Gasteiger partial charge in [-0.25, -0.2) is 4.99 Å². The molecule has 0 atom stereocenters. The minimum atomic E-state index is -0.0326. The first-order valence-corrected chi connectivity index (χ1v) is 8.90. The number of nitrogens with zero attached hydrogens (tertiary/aromatic N) is 2. The van der Waals surface area contributed by atoms with Crippen molar-refractivity contribution in [3.8, 4) is 0 Å². The smallest absolute Gasteiger partial charge is 0.266 e. The maximum atomic E-state index is 12.7. The second kappa shape index (κ2) is 7.24. The minimum Gasteiger partial charge on any atom is -0.287 e. The lowest BCUT2D eigenvalue weighted by molar-refractivity contribution is -0.122. The Kier molecular flexibility index (Phi) is 5.07. The van der Waals surface area contributed by atoms with E-state index in [0.29, 0.717) is 21.6 Å². The van der Waals surface area contributed by atoms with Crippen molar-refractivity contribution in [2.24, 2.45) is 4.99 Å². The van der Waals surface area contributed by atoms with Crippen LogP contribution in [0.25, 0.3) is 6.08 Å². The van der Waals surface area contributed by atoms with Crippen molar-refractivity contribution >= 4 is 46.2 Å². The van der Waals surface area contributed by atoms with Gasteiger partial charge in [0.2, 0.25) is 0 Å². The monoisotopic (exact) mass is 356 g/mol. The second-order valence-electron chi connectivity index (χ2n) is 5.36. The molecule has 0 bridgehead atoms. The topological polar surface area (TPSA) is 32.7 Å². The summed E-state index contributed by atoms with van der Waals surface area (Å²) in [6, 6.07) is 15.4. The van der Waals surface area contributed by atoms with Gasteiger partial charge >= 0.3 is 0 Å². The van der Waals surface area contributed by atoms with E-state index < -0.39 is 0 Å². The van der Waals surface area contributed by atoms with E-state index in [1.807, 2.05) is 68.5 Å². The lowest BCUT2D eigenvalue weighted by atomic mass is 10.2. The number of hydrogen-bond donors (Lipinski definition) is 0. The number of likely N-dealkylation sites (N-methyl/N-ethyl adjacent to an activating group) is 1. The highest BCUT2D eigenvalue weighted by Gasteiger charge is 2.32. The van der Waals surface area contributed by atoms with Gasteiger partial charge < -0.3 is 0 Å². The van der Waals surface area contributed by atoms with Crippen LogP contribution in [0.2, 0.25) is 5.02 Å². The summed E-state index contributed by atoms with van der Waals surface area (Å²) in [5.74, 6) is -0.0326. The Balaban J connectivity index is 1.98. The molecule has 0 radical (unpaired) electrons. The number of carbonyl (C=O) groups excluding carboxylic acids is 1. The molecule has 1 fully saturated rings. The van der Waals surface area contributed by atoms with Gasteiger partial charge in [-0.1, -0.05) is 48.0 Å². The number of amidine groups is 1. The van der Waals surface area contributed by atoms with Crippen molar-refractivity contribution in [2.75, 3.05) is 6.54 Å². The van der Waals surface area contributed by atoms with E-state index in [4.69, 9.17) is 11.6 Å². The van der Waals surface area contributed by atoms with Crippen molar-refractivity contribution in [1.29, 1.82) is 0 Å². The third kappa shape index (κ3) is 3.40. The highest BCUT2D eigenvalue weighted by molar-refractivity contribution is 8.18. The number of benzene rings is 2. The summed E-state index contributed by atoms with van der Waals surface area (Å²) in [4.78, 5) is 19.7. The summed E-state index contributed by atoms with van der Waals surface area (Å²) in [7, 11) is 0. The van der Waals surface area contributed by atoms with Gasteiger partial charge in [0.05, 0.1) is 10.6 Å². The van der Waals surface area contributed by atoms with Gasteiger partial charge in [-0.2, -0.15) is 0 Å². The first-order chi connectivity index (χ1) is 11.6. The normalized spacial score (nSPS) is 18.0. The van der Waals surface area contributed by atoms with E-state index in [1.54, 1.807) is 4.90 Å². The third-order valence-corrected chi connectivity index (χ3v) is 5.08. The number of rotatable bonds is 3. The standard InChI is InChI=1S/C19H17ClN2OS/c1-3-22-18(23)17(12-14-9-5-6-10-15(14)20)24-19(22)21-16-11-7-4-8-13(16)2/h4-12H,3H2,1-2H3/b17-12+,21-19?. The number of para-hydroxylation sites is 1. The average molecular weight is 357 g/mol. The van der Waals surface area contributed by atoms with Crippen LogP contribution < -0.4 is 0 Å². The zero-order chi connectivity index (χ0) is 17.1. The number of thioether (sulfide) groups is 1. The third-order valence-electron chi connectivity index (χ3n) is 3.73. The first-order valence-electron chi connectivity index (χ1n) is 7.70. The number of carbonyl (C=O) groups is 1. The highest BCUT2D eigenvalue weighted by Crippen LogP contribution is 2.35. The quantitative estimate of drug-likeness (QED) is 0.701. The van der Waals surface area contributed by atoms with E-state index >= 15 is 0 Å². The molecule has 1 aliphatic rings. The number of aliphatic imine (C=N–C) groups is 1. The van der Waals surface area contributed by atoms with Crippen LogP contribution in [0, 0.1) is 6.92 Å². The molecule has 24 heavy (non-hydrogen) atoms. The number of halogens is 1. The zero-order valence-electron chi connectivity index (χ0n) is 13.5. The lowest BCUT2D eigenvalue weighted by Gasteiger charge is -2.12. The summed E-state index contributed by atoms with van der Waals surface area (Å²) in [5.41, 5.74) is 2.80. The van der Waals surface area contributed by atoms with Gasteiger partial charge in [0.15, 0.2) is 5.17 Å². The second-order valence-corrected chi connectivity index (χ2v) is 6.78. The SMILES string of the molecule is CCN1C(=O)/C(=C\c2ccccc2Cl)SC1=Nc1ccccc1C. The summed E-state index contributed by atoms with van der Waals surface area (Å²) in [6.07, 6.45) is 1.83. The number of amides is 1. The van der Waals surface area contributed by atoms with Gasteiger partial charge in [0, 0.05) is 11.6 Å². The summed E-state index contributed by atoms with van der Waals surface area (Å²) in [6.45, 7) is 4.54. The van der Waals surface area contributed by atoms with Crippen LogP contribution in [-0.2, 0) is 4.79 Å². The van der Waals surface area contributed by atoms with Crippen LogP contribution in [0.3, 0.4) is 0 Å². The fraction of sp³-hybridized carbons (Fsp3) is 0.158. The van der Waals surface area contributed by atoms with Crippen LogP contribution >= 0.6 is 23.4 Å². The molecule has 1 amide bonds. The molecular formula is C19H17ClN2OS. The van der Waals surface area contributed by atoms with E-state index in [2.05, 4.69) is 4.99 Å². The van der Waals surface area contributed by atoms with Crippen molar-refractivity contribution in [2.45, 2.75) is 13.8 Å². The van der Waals surface area contributed by atoms with Gasteiger partial charge in [-0.15, -0.1) is 0 Å². The van der Waals surface area contributed by atoms with Crippen molar-refractivity contribution in [1.82, 2.24) is 4.90 Å². The van der Waals surface area contributed by atoms with Gasteiger partial charge in [-0.3, -0.25) is 9.69 Å². The highest BCUT2D eigenvalue weighted by atomic mass is 35.5. The molecule has 1 saturated heterocycles. The molecule has 3 nitrogen and oxygen atoms in total. The molecule has 2 aromatic rings. The predicted molar refractivity (Wildman–Crippen MR) is 103 cm³/mol. The summed E-state index contributed by atoms with van der Waals surface area (Å²) < 4.78 is 0. The Morgan fingerprint density at radius 2 is 1.88 bits per heavy atom. The largest absolute Gasteiger partial charge is 0.287 e. The molecule has 1 aliphatic heterocycles. The van der Waals surface area contributed by atoms with E-state index in [1.165, 1.54) is 11.8 Å². The molecule has 2 aromatic carbocycles. The average Bonchev–Trinajstić information content (AvgIpc) is 2.87. The maximum Gasteiger partial charge on any atom is 0.266 e. The molecule has 0 aliphatic carbocycles. The lowest BCUT2D eigenvalue weighted by Crippen LogP contribution is -2.28. The minimum absolute atomic E-state index is 0.0326. The Bertz CT molecular complexity index is 845. The fourth-order valence-corrected chi connectivity index (χ4v) is 3.63. The van der Waals surface area contributed by atoms with Crippen LogP contribution in [0.1, 0.15) is 18.1 Å². The molecule has 3 rings (SSSR count). The molecule has 1 heterocycles. The van der Waals surface area contributed by atoms with Crippen molar-refractivity contribution in [3.63, 3.8) is 0 Å². The van der Waals surface area contributed by atoms with Crippen molar-refractivity contribution in [3.05, 3.63) is 69.6 Å². The van der Waals surface area contributed by atoms with E-state index in [-0.39, 0.29) is 5.91 Å². The molecular weight excluding hydrogens is 340 g/mol. The molecule has 0 saturated carbocycles. The van der Waals surface area contributed by atoms with E-state index in [0.717, 1.165) is 16.8 Å². The zero-order valence-corrected chi connectivity index (χ0v) is 15.1. The molecule has 0 unspecified atom stereocenters. The fourth-order valence-electron chi connectivity index (χ4n) is 2.40. The summed E-state index contributed by atoms with van der Waals surface area (Å²) in [5, 5.41) is 1.33. The van der Waals surface area contributed by atoms with Gasteiger partial charge in [0.1, 0.15) is 0 Å².